The Bertz CT molecular complexity index is 407. The molecule has 0 bridgehead atoms. The molecule has 1 atom stereocenters. The third kappa shape index (κ3) is 4.00. The van der Waals surface area contributed by atoms with Gasteiger partial charge < -0.3 is 10.5 Å². The molecule has 0 spiro atoms. The van der Waals surface area contributed by atoms with Crippen LogP contribution in [0, 0.1) is 10.1 Å². The molecule has 0 saturated heterocycles. The molecule has 0 aliphatic carbocycles. The fourth-order valence-electron chi connectivity index (χ4n) is 1.61. The van der Waals surface area contributed by atoms with Gasteiger partial charge in [-0.3, -0.25) is 10.1 Å². The van der Waals surface area contributed by atoms with Gasteiger partial charge in [-0.1, -0.05) is 19.9 Å². The van der Waals surface area contributed by atoms with Crippen molar-refractivity contribution in [2.75, 3.05) is 6.61 Å². The second-order valence-electron chi connectivity index (χ2n) is 4.28. The van der Waals surface area contributed by atoms with Crippen LogP contribution in [0.5, 0.6) is 5.75 Å². The SMILES string of the molecule is CCCOc1cc(CC(N)CC)ccc1[N+](=O)[O-]. The monoisotopic (exact) mass is 252 g/mol. The third-order valence-corrected chi connectivity index (χ3v) is 2.70. The van der Waals surface area contributed by atoms with Crippen molar-refractivity contribution in [1.29, 1.82) is 0 Å². The van der Waals surface area contributed by atoms with Crippen LogP contribution < -0.4 is 10.5 Å². The van der Waals surface area contributed by atoms with Crippen LogP contribution in [-0.2, 0) is 6.42 Å². The van der Waals surface area contributed by atoms with Crippen molar-refractivity contribution in [3.05, 3.63) is 33.9 Å². The lowest BCUT2D eigenvalue weighted by atomic mass is 10.0. The highest BCUT2D eigenvalue weighted by Crippen LogP contribution is 2.28. The summed E-state index contributed by atoms with van der Waals surface area (Å²) in [7, 11) is 0. The zero-order valence-corrected chi connectivity index (χ0v) is 10.9. The van der Waals surface area contributed by atoms with Crippen LogP contribution in [0.4, 0.5) is 5.69 Å². The predicted octanol–water partition coefficient (Wildman–Crippen LogP) is 2.66. The zero-order chi connectivity index (χ0) is 13.5. The molecular formula is C13H20N2O3. The van der Waals surface area contributed by atoms with Crippen molar-refractivity contribution in [3.8, 4) is 5.75 Å². The average molecular weight is 252 g/mol. The standard InChI is InChI=1S/C13H20N2O3/c1-3-7-18-13-9-10(8-11(14)4-2)5-6-12(13)15(16)17/h5-6,9,11H,3-4,7-8,14H2,1-2H3. The molecule has 5 nitrogen and oxygen atoms in total. The van der Waals surface area contributed by atoms with Crippen molar-refractivity contribution in [1.82, 2.24) is 0 Å². The van der Waals surface area contributed by atoms with Crippen molar-refractivity contribution in [2.45, 2.75) is 39.2 Å². The summed E-state index contributed by atoms with van der Waals surface area (Å²) in [6.45, 7) is 4.46. The molecule has 0 aliphatic heterocycles. The predicted molar refractivity (Wildman–Crippen MR) is 70.9 cm³/mol. The van der Waals surface area contributed by atoms with Gasteiger partial charge in [-0.15, -0.1) is 0 Å². The Hall–Kier alpha value is -1.62. The molecule has 1 rings (SSSR count). The summed E-state index contributed by atoms with van der Waals surface area (Å²) >= 11 is 0. The Kier molecular flexibility index (Phi) is 5.58. The fraction of sp³-hybridized carbons (Fsp3) is 0.538. The summed E-state index contributed by atoms with van der Waals surface area (Å²) in [5.74, 6) is 0.336. The smallest absolute Gasteiger partial charge is 0.310 e. The molecule has 18 heavy (non-hydrogen) atoms. The molecule has 0 aromatic heterocycles. The van der Waals surface area contributed by atoms with E-state index in [2.05, 4.69) is 0 Å². The largest absolute Gasteiger partial charge is 0.487 e. The van der Waals surface area contributed by atoms with Crippen LogP contribution in [0.3, 0.4) is 0 Å². The van der Waals surface area contributed by atoms with Gasteiger partial charge >= 0.3 is 5.69 Å². The minimum Gasteiger partial charge on any atom is -0.487 e. The highest BCUT2D eigenvalue weighted by molar-refractivity contribution is 5.48. The van der Waals surface area contributed by atoms with Crippen LogP contribution in [-0.4, -0.2) is 17.6 Å². The Morgan fingerprint density at radius 1 is 1.44 bits per heavy atom. The van der Waals surface area contributed by atoms with Crippen molar-refractivity contribution in [2.24, 2.45) is 5.73 Å². The maximum atomic E-state index is 10.9. The number of nitro benzene ring substituents is 1. The normalized spacial score (nSPS) is 12.2. The van der Waals surface area contributed by atoms with Gasteiger partial charge in [0.05, 0.1) is 11.5 Å². The highest BCUT2D eigenvalue weighted by atomic mass is 16.6. The molecule has 0 saturated carbocycles. The van der Waals surface area contributed by atoms with Gasteiger partial charge in [0.2, 0.25) is 0 Å². The first-order valence-corrected chi connectivity index (χ1v) is 6.24. The first kappa shape index (κ1) is 14.4. The number of benzene rings is 1. The summed E-state index contributed by atoms with van der Waals surface area (Å²) in [6, 6.07) is 5.03. The fourth-order valence-corrected chi connectivity index (χ4v) is 1.61. The number of nitrogens with two attached hydrogens (primary N) is 1. The molecule has 5 heteroatoms. The van der Waals surface area contributed by atoms with E-state index in [1.54, 1.807) is 12.1 Å². The van der Waals surface area contributed by atoms with E-state index in [-0.39, 0.29) is 11.7 Å². The molecule has 0 radical (unpaired) electrons. The van der Waals surface area contributed by atoms with Gasteiger partial charge in [0.25, 0.3) is 0 Å². The van der Waals surface area contributed by atoms with Crippen LogP contribution in [0.25, 0.3) is 0 Å². The molecule has 0 fully saturated rings. The third-order valence-electron chi connectivity index (χ3n) is 2.70. The topological polar surface area (TPSA) is 78.4 Å². The quantitative estimate of drug-likeness (QED) is 0.597. The summed E-state index contributed by atoms with van der Waals surface area (Å²) in [4.78, 5) is 10.5. The van der Waals surface area contributed by atoms with Crippen molar-refractivity contribution >= 4 is 5.69 Å². The van der Waals surface area contributed by atoms with Gasteiger partial charge in [0.1, 0.15) is 0 Å². The van der Waals surface area contributed by atoms with Gasteiger partial charge in [-0.25, -0.2) is 0 Å². The van der Waals surface area contributed by atoms with Crippen LogP contribution >= 0.6 is 0 Å². The van der Waals surface area contributed by atoms with Crippen molar-refractivity contribution < 1.29 is 9.66 Å². The Morgan fingerprint density at radius 2 is 2.17 bits per heavy atom. The highest BCUT2D eigenvalue weighted by Gasteiger charge is 2.16. The van der Waals surface area contributed by atoms with E-state index < -0.39 is 4.92 Å². The molecule has 2 N–H and O–H groups in total. The number of nitrogens with zero attached hydrogens (tertiary/aromatic N) is 1. The van der Waals surface area contributed by atoms with Gasteiger partial charge in [0.15, 0.2) is 5.75 Å². The first-order valence-electron chi connectivity index (χ1n) is 6.24. The maximum absolute atomic E-state index is 10.9. The number of hydrogen-bond acceptors (Lipinski definition) is 4. The van der Waals surface area contributed by atoms with E-state index in [0.717, 1.165) is 18.4 Å². The minimum atomic E-state index is -0.422. The van der Waals surface area contributed by atoms with E-state index in [9.17, 15) is 10.1 Å². The summed E-state index contributed by atoms with van der Waals surface area (Å²) in [5, 5.41) is 10.9. The summed E-state index contributed by atoms with van der Waals surface area (Å²) in [6.07, 6.45) is 2.40. The maximum Gasteiger partial charge on any atom is 0.310 e. The molecule has 100 valence electrons. The second kappa shape index (κ2) is 6.96. The number of rotatable bonds is 7. The minimum absolute atomic E-state index is 0.0114. The Balaban J connectivity index is 2.93. The van der Waals surface area contributed by atoms with E-state index in [4.69, 9.17) is 10.5 Å². The van der Waals surface area contributed by atoms with E-state index in [1.165, 1.54) is 6.07 Å². The molecule has 1 aromatic carbocycles. The van der Waals surface area contributed by atoms with Crippen LogP contribution in [0.2, 0.25) is 0 Å². The van der Waals surface area contributed by atoms with Crippen LogP contribution in [0.1, 0.15) is 32.3 Å². The second-order valence-corrected chi connectivity index (χ2v) is 4.28. The van der Waals surface area contributed by atoms with Crippen LogP contribution in [0.15, 0.2) is 18.2 Å². The number of hydrogen-bond donors (Lipinski definition) is 1. The van der Waals surface area contributed by atoms with Gasteiger partial charge in [-0.05, 0) is 30.9 Å². The van der Waals surface area contributed by atoms with Crippen molar-refractivity contribution in [3.63, 3.8) is 0 Å². The molecule has 0 aliphatic rings. The summed E-state index contributed by atoms with van der Waals surface area (Å²) in [5.41, 5.74) is 6.86. The molecule has 0 heterocycles. The Morgan fingerprint density at radius 3 is 2.72 bits per heavy atom. The lowest BCUT2D eigenvalue weighted by molar-refractivity contribution is -0.385. The molecular weight excluding hydrogens is 232 g/mol. The number of nitro groups is 1. The van der Waals surface area contributed by atoms with Gasteiger partial charge in [-0.2, -0.15) is 0 Å². The van der Waals surface area contributed by atoms with E-state index in [0.29, 0.717) is 18.8 Å². The number of ether oxygens (including phenoxy) is 1. The lowest BCUT2D eigenvalue weighted by Crippen LogP contribution is -2.21. The zero-order valence-electron chi connectivity index (χ0n) is 10.9. The van der Waals surface area contributed by atoms with E-state index >= 15 is 0 Å². The lowest BCUT2D eigenvalue weighted by Gasteiger charge is -2.11. The Labute approximate surface area is 107 Å². The first-order chi connectivity index (χ1) is 8.58. The average Bonchev–Trinajstić information content (AvgIpc) is 2.36. The molecule has 0 amide bonds. The summed E-state index contributed by atoms with van der Waals surface area (Å²) < 4.78 is 5.42. The molecule has 1 aromatic rings. The van der Waals surface area contributed by atoms with Gasteiger partial charge in [0, 0.05) is 12.1 Å². The van der Waals surface area contributed by atoms with E-state index in [1.807, 2.05) is 13.8 Å². The molecule has 1 unspecified atom stereocenters.